The third kappa shape index (κ3) is 22.5. The number of allylic oxidation sites excluding steroid dienone is 2. The molecular formula is C8H14Cl4N4Pt. The molecule has 0 aromatic rings. The molecule has 2 aliphatic heterocycles. The van der Waals surface area contributed by atoms with Gasteiger partial charge in [-0.3, -0.25) is 0 Å². The first-order valence-corrected chi connectivity index (χ1v) is 15.9. The molecule has 0 aromatic heterocycles. The van der Waals surface area contributed by atoms with E-state index in [0.717, 1.165) is 13.1 Å². The van der Waals surface area contributed by atoms with Gasteiger partial charge in [-0.2, -0.15) is 6.20 Å². The predicted octanol–water partition coefficient (Wildman–Crippen LogP) is 4.32. The number of nitrogens with one attached hydrogen (secondary N) is 2. The van der Waals surface area contributed by atoms with Gasteiger partial charge in [-0.25, -0.2) is 0 Å². The Labute approximate surface area is 121 Å². The van der Waals surface area contributed by atoms with E-state index in [9.17, 15) is 0 Å². The zero-order valence-electron chi connectivity index (χ0n) is 8.86. The number of hydrogen-bond acceptors (Lipinski definition) is 2. The van der Waals surface area contributed by atoms with Crippen molar-refractivity contribution in [1.82, 2.24) is 10.9 Å². The second-order valence-corrected chi connectivity index (χ2v) is 22.4. The zero-order chi connectivity index (χ0) is 13.0. The number of nitrogens with zero attached hydrogens (tertiary/aromatic N) is 2. The Hall–Kier alpha value is 0.848. The molecule has 0 saturated carbocycles. The van der Waals surface area contributed by atoms with E-state index in [2.05, 4.69) is 21.7 Å². The van der Waals surface area contributed by atoms with Crippen LogP contribution in [0, 0.1) is 0 Å². The van der Waals surface area contributed by atoms with Crippen LogP contribution in [-0.2, 0) is 11.9 Å². The summed E-state index contributed by atoms with van der Waals surface area (Å²) in [6, 6.07) is 0. The van der Waals surface area contributed by atoms with E-state index >= 15 is 0 Å². The topological polar surface area (TPSA) is 52.3 Å². The molecule has 17 heavy (non-hydrogen) atoms. The van der Waals surface area contributed by atoms with Gasteiger partial charge in [0.2, 0.25) is 0 Å². The summed E-state index contributed by atoms with van der Waals surface area (Å²) in [6.45, 7) is 2.10. The van der Waals surface area contributed by atoms with Crippen molar-refractivity contribution in [3.8, 4) is 0 Å². The van der Waals surface area contributed by atoms with Gasteiger partial charge in [0.1, 0.15) is 0 Å². The molecule has 0 radical (unpaired) electrons. The summed E-state index contributed by atoms with van der Waals surface area (Å²) in [5.41, 5.74) is 13.1. The molecule has 9 heteroatoms. The van der Waals surface area contributed by atoms with Crippen molar-refractivity contribution in [1.29, 1.82) is 0 Å². The number of halogens is 4. The van der Waals surface area contributed by atoms with Crippen LogP contribution in [0.2, 0.25) is 0 Å². The van der Waals surface area contributed by atoms with Crippen molar-refractivity contribution in [2.24, 2.45) is 0 Å². The molecule has 0 unspecified atom stereocenters. The molecular weight excluding hydrogens is 489 g/mol. The Kier molecular flexibility index (Phi) is 12.5. The van der Waals surface area contributed by atoms with Crippen molar-refractivity contribution in [3.05, 3.63) is 35.4 Å². The van der Waals surface area contributed by atoms with Gasteiger partial charge in [0.05, 0.1) is 0 Å². The normalized spacial score (nSPS) is 18.6. The van der Waals surface area contributed by atoms with Crippen molar-refractivity contribution < 1.29 is 11.9 Å². The third-order valence-electron chi connectivity index (χ3n) is 1.44. The summed E-state index contributed by atoms with van der Waals surface area (Å²) in [5.74, 6) is 0. The molecule has 0 bridgehead atoms. The third-order valence-corrected chi connectivity index (χ3v) is 1.44. The molecule has 2 heterocycles. The molecule has 1 fully saturated rings. The van der Waals surface area contributed by atoms with E-state index in [1.165, 1.54) is 12.8 Å². The Morgan fingerprint density at radius 1 is 1.06 bits per heavy atom. The van der Waals surface area contributed by atoms with Gasteiger partial charge in [0, 0.05) is 0 Å². The van der Waals surface area contributed by atoms with Crippen LogP contribution in [0.1, 0.15) is 12.8 Å². The Balaban J connectivity index is 0.000000228. The Morgan fingerprint density at radius 2 is 1.76 bits per heavy atom. The molecule has 1 saturated heterocycles. The van der Waals surface area contributed by atoms with Crippen molar-refractivity contribution >= 4 is 37.7 Å². The van der Waals surface area contributed by atoms with Crippen LogP contribution in [0.5, 0.6) is 0 Å². The average Bonchev–Trinajstić information content (AvgIpc) is 2.32. The number of hydrogen-bond donors (Lipinski definition) is 2. The Morgan fingerprint density at radius 3 is 1.88 bits per heavy atom. The van der Waals surface area contributed by atoms with Crippen LogP contribution in [0.3, 0.4) is 0 Å². The molecule has 2 rings (SSSR count). The van der Waals surface area contributed by atoms with Crippen molar-refractivity contribution in [2.45, 2.75) is 12.8 Å². The van der Waals surface area contributed by atoms with E-state index in [0.29, 0.717) is 0 Å². The van der Waals surface area contributed by atoms with Gasteiger partial charge in [0.15, 0.2) is 0 Å². The first kappa shape index (κ1) is 17.8. The molecule has 4 nitrogen and oxygen atoms in total. The molecule has 104 valence electrons. The van der Waals surface area contributed by atoms with Gasteiger partial charge >= 0.3 is 49.6 Å². The van der Waals surface area contributed by atoms with E-state index in [4.69, 9.17) is 37.7 Å². The van der Waals surface area contributed by atoms with E-state index in [1.807, 2.05) is 12.2 Å². The number of rotatable bonds is 0. The zero-order valence-corrected chi connectivity index (χ0v) is 14.2. The van der Waals surface area contributed by atoms with Crippen LogP contribution in [0.4, 0.5) is 0 Å². The van der Waals surface area contributed by atoms with Crippen LogP contribution in [-0.4, -0.2) is 13.1 Å². The summed E-state index contributed by atoms with van der Waals surface area (Å²) in [6.07, 6.45) is 9.76. The van der Waals surface area contributed by atoms with Gasteiger partial charge in [-0.15, -0.1) is 6.54 Å². The second-order valence-electron chi connectivity index (χ2n) is 2.73. The van der Waals surface area contributed by atoms with Crippen LogP contribution in [0.15, 0.2) is 24.6 Å². The van der Waals surface area contributed by atoms with E-state index < -0.39 is 11.9 Å². The molecule has 0 spiro atoms. The minimum absolute atomic E-state index is 1.01. The van der Waals surface area contributed by atoms with Gasteiger partial charge < -0.3 is 21.7 Å². The fourth-order valence-electron chi connectivity index (χ4n) is 0.830. The summed E-state index contributed by atoms with van der Waals surface area (Å²) in [7, 11) is 20.0. The molecule has 2 aliphatic rings. The first-order chi connectivity index (χ1) is 8.00. The summed E-state index contributed by atoms with van der Waals surface area (Å²) in [5, 5.41) is 0. The summed E-state index contributed by atoms with van der Waals surface area (Å²) in [4.78, 5) is 0. The summed E-state index contributed by atoms with van der Waals surface area (Å²) < 4.78 is 0. The molecule has 2 N–H and O–H groups in total. The van der Waals surface area contributed by atoms with Crippen molar-refractivity contribution in [2.75, 3.05) is 13.1 Å². The second kappa shape index (κ2) is 11.9. The Bertz CT molecular complexity index is 199. The minimum atomic E-state index is -3.06. The fourth-order valence-corrected chi connectivity index (χ4v) is 0.830. The van der Waals surface area contributed by atoms with Gasteiger partial charge in [0.25, 0.3) is 0 Å². The molecule has 0 aromatic carbocycles. The van der Waals surface area contributed by atoms with Crippen LogP contribution < -0.4 is 10.9 Å². The van der Waals surface area contributed by atoms with Gasteiger partial charge in [-0.05, 0) is 25.2 Å². The maximum atomic E-state index is 5.01. The molecule has 0 amide bonds. The molecule has 0 atom stereocenters. The average molecular weight is 503 g/mol. The van der Waals surface area contributed by atoms with Gasteiger partial charge in [-0.1, -0.05) is 12.5 Å². The maximum absolute atomic E-state index is 5.01. The van der Waals surface area contributed by atoms with E-state index in [-0.39, 0.29) is 0 Å². The van der Waals surface area contributed by atoms with Crippen LogP contribution >= 0.6 is 37.7 Å². The summed E-state index contributed by atoms with van der Waals surface area (Å²) >= 11 is -3.06. The standard InChI is InChI=1S/C4H9N2.C4H5N2.4ClH.Pt/c2*1-2-4-6-5-3-1;;;;;/h5H,1-4H2;1-5H;4*1H;/q2*-1;;;;;+6/p-4. The molecule has 0 aliphatic carbocycles. The van der Waals surface area contributed by atoms with E-state index in [1.54, 1.807) is 12.4 Å². The predicted molar refractivity (Wildman–Crippen MR) is 73.6 cm³/mol. The SMILES string of the molecule is C1=C[N-]NC=C1.C1CCN[N-]C1.[Cl][Pt+2]([Cl])([Cl])[Cl]. The fraction of sp³-hybridized carbons (Fsp3) is 0.500. The quantitative estimate of drug-likeness (QED) is 0.518. The first-order valence-electron chi connectivity index (χ1n) is 4.64. The van der Waals surface area contributed by atoms with Crippen LogP contribution in [0.25, 0.3) is 10.9 Å². The van der Waals surface area contributed by atoms with Crippen molar-refractivity contribution in [3.63, 3.8) is 0 Å². The monoisotopic (exact) mass is 501 g/mol.